The van der Waals surface area contributed by atoms with Crippen LogP contribution in [0, 0.1) is 0 Å². The van der Waals surface area contributed by atoms with E-state index >= 15 is 0 Å². The largest absolute Gasteiger partial charge is 0.481 e. The molecule has 0 spiro atoms. The summed E-state index contributed by atoms with van der Waals surface area (Å²) in [6.07, 6.45) is -0.779. The highest BCUT2D eigenvalue weighted by atomic mass is 35.5. The number of carbonyl (C=O) groups is 2. The first-order chi connectivity index (χ1) is 8.86. The van der Waals surface area contributed by atoms with E-state index in [1.54, 1.807) is 7.05 Å². The van der Waals surface area contributed by atoms with Crippen molar-refractivity contribution in [3.8, 4) is 0 Å². The van der Waals surface area contributed by atoms with Crippen LogP contribution in [0.2, 0.25) is 10.2 Å². The van der Waals surface area contributed by atoms with Gasteiger partial charge in [0.05, 0.1) is 17.5 Å². The highest BCUT2D eigenvalue weighted by Gasteiger charge is 2.18. The van der Waals surface area contributed by atoms with Crippen LogP contribution in [0.15, 0.2) is 6.07 Å². The summed E-state index contributed by atoms with van der Waals surface area (Å²) in [5.74, 6) is -1.39. The summed E-state index contributed by atoms with van der Waals surface area (Å²) in [5.41, 5.74) is 0.292. The van der Waals surface area contributed by atoms with Crippen molar-refractivity contribution in [3.63, 3.8) is 0 Å². The van der Waals surface area contributed by atoms with Crippen molar-refractivity contribution >= 4 is 35.1 Å². The summed E-state index contributed by atoms with van der Waals surface area (Å²) in [4.78, 5) is 22.4. The molecule has 0 aliphatic rings. The number of rotatable bonds is 6. The molecule has 1 atom stereocenters. The van der Waals surface area contributed by atoms with Crippen molar-refractivity contribution in [1.82, 2.24) is 9.88 Å². The van der Waals surface area contributed by atoms with Gasteiger partial charge in [0.15, 0.2) is 0 Å². The van der Waals surface area contributed by atoms with Crippen LogP contribution in [0.4, 0.5) is 0 Å². The van der Waals surface area contributed by atoms with Gasteiger partial charge in [0, 0.05) is 20.7 Å². The van der Waals surface area contributed by atoms with Gasteiger partial charge >= 0.3 is 5.97 Å². The Balaban J connectivity index is 2.64. The number of aromatic nitrogens is 1. The minimum absolute atomic E-state index is 0.0854. The number of hydrogen-bond acceptors (Lipinski definition) is 3. The van der Waals surface area contributed by atoms with Crippen LogP contribution >= 0.6 is 23.2 Å². The van der Waals surface area contributed by atoms with Gasteiger partial charge in [0.2, 0.25) is 0 Å². The molecule has 1 amide bonds. The number of hydrogen-bond donors (Lipinski definition) is 2. The van der Waals surface area contributed by atoms with E-state index in [9.17, 15) is 9.59 Å². The predicted molar refractivity (Wildman–Crippen MR) is 70.8 cm³/mol. The van der Waals surface area contributed by atoms with Crippen molar-refractivity contribution in [2.45, 2.75) is 12.5 Å². The topological polar surface area (TPSA) is 80.6 Å². The zero-order valence-electron chi connectivity index (χ0n) is 10.4. The number of carboxylic acid groups (broad SMARTS) is 1. The molecule has 0 aliphatic carbocycles. The van der Waals surface area contributed by atoms with Crippen molar-refractivity contribution in [2.24, 2.45) is 7.05 Å². The maximum atomic E-state index is 11.9. The standard InChI is InChI=1S/C11H14Cl2N2O4/c1-15-8(4-7(12)10(15)13)11(18)14-5-6(19-2)3-9(16)17/h4,6H,3,5H2,1-2H3,(H,14,18)(H,16,17). The SMILES string of the molecule is COC(CNC(=O)c1cc(Cl)c(Cl)n1C)CC(=O)O. The molecule has 1 heterocycles. The number of carboxylic acids is 1. The van der Waals surface area contributed by atoms with Crippen LogP contribution in [0.1, 0.15) is 16.9 Å². The molecular weight excluding hydrogens is 295 g/mol. The van der Waals surface area contributed by atoms with Crippen LogP contribution in [-0.2, 0) is 16.6 Å². The van der Waals surface area contributed by atoms with E-state index in [-0.39, 0.29) is 23.1 Å². The van der Waals surface area contributed by atoms with E-state index in [4.69, 9.17) is 33.0 Å². The van der Waals surface area contributed by atoms with Crippen LogP contribution in [0.25, 0.3) is 0 Å². The van der Waals surface area contributed by atoms with Gasteiger partial charge in [-0.3, -0.25) is 9.59 Å². The van der Waals surface area contributed by atoms with Crippen molar-refractivity contribution in [3.05, 3.63) is 21.9 Å². The lowest BCUT2D eigenvalue weighted by Gasteiger charge is -2.14. The third-order valence-electron chi connectivity index (χ3n) is 2.57. The summed E-state index contributed by atoms with van der Waals surface area (Å²) in [6, 6.07) is 1.44. The van der Waals surface area contributed by atoms with E-state index < -0.39 is 18.0 Å². The van der Waals surface area contributed by atoms with E-state index in [1.807, 2.05) is 0 Å². The maximum Gasteiger partial charge on any atom is 0.306 e. The Morgan fingerprint density at radius 3 is 2.58 bits per heavy atom. The first-order valence-corrected chi connectivity index (χ1v) is 6.16. The minimum atomic E-state index is -0.994. The fourth-order valence-electron chi connectivity index (χ4n) is 1.49. The molecule has 0 aliphatic heterocycles. The average molecular weight is 309 g/mol. The Labute approximate surface area is 120 Å². The molecule has 1 unspecified atom stereocenters. The Bertz CT molecular complexity index is 487. The third-order valence-corrected chi connectivity index (χ3v) is 3.42. The number of carbonyl (C=O) groups excluding carboxylic acids is 1. The molecule has 0 saturated carbocycles. The Kier molecular flexibility index (Phi) is 5.65. The van der Waals surface area contributed by atoms with Crippen LogP contribution in [0.5, 0.6) is 0 Å². The van der Waals surface area contributed by atoms with Crippen molar-refractivity contribution < 1.29 is 19.4 Å². The highest BCUT2D eigenvalue weighted by Crippen LogP contribution is 2.24. The zero-order valence-corrected chi connectivity index (χ0v) is 12.0. The highest BCUT2D eigenvalue weighted by molar-refractivity contribution is 6.41. The molecule has 2 N–H and O–H groups in total. The third kappa shape index (κ3) is 4.12. The molecule has 1 aromatic heterocycles. The zero-order chi connectivity index (χ0) is 14.6. The maximum absolute atomic E-state index is 11.9. The van der Waals surface area contributed by atoms with E-state index in [2.05, 4.69) is 5.32 Å². The number of aliphatic carboxylic acids is 1. The molecule has 0 aromatic carbocycles. The molecule has 0 radical (unpaired) electrons. The van der Waals surface area contributed by atoms with Gasteiger partial charge in [-0.25, -0.2) is 0 Å². The van der Waals surface area contributed by atoms with Gasteiger partial charge in [-0.15, -0.1) is 0 Å². The van der Waals surface area contributed by atoms with Gasteiger partial charge < -0.3 is 19.7 Å². The number of nitrogens with one attached hydrogen (secondary N) is 1. The lowest BCUT2D eigenvalue weighted by Crippen LogP contribution is -2.35. The Hall–Kier alpha value is -1.24. The second-order valence-electron chi connectivity index (χ2n) is 3.89. The summed E-state index contributed by atoms with van der Waals surface area (Å²) in [6.45, 7) is 0.0854. The van der Waals surface area contributed by atoms with Crippen LogP contribution in [-0.4, -0.2) is 41.3 Å². The summed E-state index contributed by atoms with van der Waals surface area (Å²) < 4.78 is 6.39. The second kappa shape index (κ2) is 6.79. The molecular formula is C11H14Cl2N2O4. The van der Waals surface area contributed by atoms with Crippen LogP contribution in [0.3, 0.4) is 0 Å². The Morgan fingerprint density at radius 2 is 2.16 bits per heavy atom. The minimum Gasteiger partial charge on any atom is -0.481 e. The number of halogens is 2. The van der Waals surface area contributed by atoms with Gasteiger partial charge in [0.1, 0.15) is 10.8 Å². The van der Waals surface area contributed by atoms with E-state index in [1.165, 1.54) is 17.7 Å². The summed E-state index contributed by atoms with van der Waals surface area (Å²) in [7, 11) is 2.99. The van der Waals surface area contributed by atoms with Crippen LogP contribution < -0.4 is 5.32 Å². The predicted octanol–water partition coefficient (Wildman–Crippen LogP) is 1.55. The lowest BCUT2D eigenvalue weighted by molar-refractivity contribution is -0.139. The fourth-order valence-corrected chi connectivity index (χ4v) is 1.87. The number of amides is 1. The molecule has 1 rings (SSSR count). The number of ether oxygens (including phenoxy) is 1. The number of methoxy groups -OCH3 is 1. The molecule has 19 heavy (non-hydrogen) atoms. The fraction of sp³-hybridized carbons (Fsp3) is 0.455. The number of nitrogens with zero attached hydrogens (tertiary/aromatic N) is 1. The monoisotopic (exact) mass is 308 g/mol. The second-order valence-corrected chi connectivity index (χ2v) is 4.66. The molecule has 0 saturated heterocycles. The lowest BCUT2D eigenvalue weighted by atomic mass is 10.2. The normalized spacial score (nSPS) is 12.2. The Morgan fingerprint density at radius 1 is 1.53 bits per heavy atom. The van der Waals surface area contributed by atoms with E-state index in [0.29, 0.717) is 5.69 Å². The van der Waals surface area contributed by atoms with E-state index in [0.717, 1.165) is 0 Å². The summed E-state index contributed by atoms with van der Waals surface area (Å²) >= 11 is 11.7. The van der Waals surface area contributed by atoms with Gasteiger partial charge in [-0.1, -0.05) is 23.2 Å². The van der Waals surface area contributed by atoms with Crippen molar-refractivity contribution in [1.29, 1.82) is 0 Å². The first kappa shape index (κ1) is 15.8. The van der Waals surface area contributed by atoms with Gasteiger partial charge in [0.25, 0.3) is 5.91 Å². The average Bonchev–Trinajstić information content (AvgIpc) is 2.61. The first-order valence-electron chi connectivity index (χ1n) is 5.40. The molecule has 0 fully saturated rings. The van der Waals surface area contributed by atoms with Gasteiger partial charge in [-0.05, 0) is 6.07 Å². The molecule has 106 valence electrons. The smallest absolute Gasteiger partial charge is 0.306 e. The molecule has 6 nitrogen and oxygen atoms in total. The summed E-state index contributed by atoms with van der Waals surface area (Å²) in [5, 5.41) is 11.8. The molecule has 1 aromatic rings. The van der Waals surface area contributed by atoms with Gasteiger partial charge in [-0.2, -0.15) is 0 Å². The van der Waals surface area contributed by atoms with Crippen molar-refractivity contribution in [2.75, 3.05) is 13.7 Å². The quantitative estimate of drug-likeness (QED) is 0.835. The molecule has 8 heteroatoms. The molecule has 0 bridgehead atoms.